The Morgan fingerprint density at radius 1 is 0.935 bits per heavy atom. The highest BCUT2D eigenvalue weighted by molar-refractivity contribution is 5.86. The first-order valence-electron chi connectivity index (χ1n) is 18.1. The van der Waals surface area contributed by atoms with Crippen LogP contribution in [0.15, 0.2) is 18.2 Å². The number of hydrogen-bond acceptors (Lipinski definition) is 7. The summed E-state index contributed by atoms with van der Waals surface area (Å²) in [7, 11) is 0. The van der Waals surface area contributed by atoms with Gasteiger partial charge in [-0.25, -0.2) is 0 Å². The summed E-state index contributed by atoms with van der Waals surface area (Å²) in [5, 5.41) is 36.9. The van der Waals surface area contributed by atoms with Gasteiger partial charge in [0.25, 0.3) is 0 Å². The standard InChI is InChI=1S/C37H58N2O7/c1-25(2)17-31(40)35(42)30(19-26-9-5-3-6-10-26)38-36(43)29(18-27-11-12-27)21-34(41)39(23-37(44)15-7-4-8-16-37)22-28-13-14-32-33(20-28)46-24-45-32/h13-14,20,25-27,29-31,35,40,42,44H,3-12,15-19,21-24H2,1-2H3,(H,38,43)/t29-,30+,31+,35-/m1/s1. The molecule has 1 aliphatic heterocycles. The minimum Gasteiger partial charge on any atom is -0.454 e. The number of benzene rings is 1. The van der Waals surface area contributed by atoms with Gasteiger partial charge in [-0.2, -0.15) is 0 Å². The van der Waals surface area contributed by atoms with Crippen LogP contribution in [-0.2, 0) is 16.1 Å². The minimum absolute atomic E-state index is 0.0454. The van der Waals surface area contributed by atoms with E-state index in [0.717, 1.165) is 63.4 Å². The molecular weight excluding hydrogens is 584 g/mol. The van der Waals surface area contributed by atoms with Crippen molar-refractivity contribution in [2.45, 2.75) is 147 Å². The molecule has 258 valence electrons. The molecule has 0 aromatic heterocycles. The summed E-state index contributed by atoms with van der Waals surface area (Å²) in [6, 6.07) is 5.10. The van der Waals surface area contributed by atoms with E-state index in [1.165, 1.54) is 6.42 Å². The van der Waals surface area contributed by atoms with Crippen LogP contribution in [0.5, 0.6) is 11.5 Å². The first-order valence-corrected chi connectivity index (χ1v) is 18.1. The van der Waals surface area contributed by atoms with E-state index in [9.17, 15) is 24.9 Å². The zero-order valence-corrected chi connectivity index (χ0v) is 28.1. The number of carbonyl (C=O) groups excluding carboxylic acids is 2. The van der Waals surface area contributed by atoms with Crippen LogP contribution in [-0.4, -0.2) is 69.2 Å². The third-order valence-electron chi connectivity index (χ3n) is 10.7. The van der Waals surface area contributed by atoms with Crippen LogP contribution in [0.4, 0.5) is 0 Å². The fraction of sp³-hybridized carbons (Fsp3) is 0.784. The molecule has 4 atom stereocenters. The molecule has 4 aliphatic rings. The molecule has 9 heteroatoms. The van der Waals surface area contributed by atoms with E-state index in [1.54, 1.807) is 4.90 Å². The van der Waals surface area contributed by atoms with Crippen LogP contribution < -0.4 is 14.8 Å². The number of aliphatic hydroxyl groups excluding tert-OH is 2. The first kappa shape index (κ1) is 35.0. The van der Waals surface area contributed by atoms with E-state index < -0.39 is 29.8 Å². The van der Waals surface area contributed by atoms with Crippen molar-refractivity contribution in [3.05, 3.63) is 23.8 Å². The lowest BCUT2D eigenvalue weighted by Crippen LogP contribution is -2.52. The molecule has 9 nitrogen and oxygen atoms in total. The number of amides is 2. The van der Waals surface area contributed by atoms with Crippen molar-refractivity contribution in [3.8, 4) is 11.5 Å². The average molecular weight is 643 g/mol. The van der Waals surface area contributed by atoms with Gasteiger partial charge in [0.15, 0.2) is 11.5 Å². The number of ether oxygens (including phenoxy) is 2. The van der Waals surface area contributed by atoms with E-state index in [0.29, 0.717) is 62.0 Å². The molecule has 2 amide bonds. The smallest absolute Gasteiger partial charge is 0.231 e. The maximum Gasteiger partial charge on any atom is 0.231 e. The van der Waals surface area contributed by atoms with Crippen molar-refractivity contribution in [2.24, 2.45) is 23.7 Å². The molecule has 1 aromatic rings. The quantitative estimate of drug-likeness (QED) is 0.188. The maximum absolute atomic E-state index is 14.2. The van der Waals surface area contributed by atoms with Crippen LogP contribution in [0.25, 0.3) is 0 Å². The Kier molecular flexibility index (Phi) is 12.3. The van der Waals surface area contributed by atoms with Crippen molar-refractivity contribution in [1.29, 1.82) is 0 Å². The molecule has 0 saturated heterocycles. The van der Waals surface area contributed by atoms with Gasteiger partial charge in [-0.3, -0.25) is 9.59 Å². The van der Waals surface area contributed by atoms with Crippen molar-refractivity contribution >= 4 is 11.8 Å². The molecule has 3 saturated carbocycles. The van der Waals surface area contributed by atoms with Gasteiger partial charge < -0.3 is 35.0 Å². The Labute approximate surface area is 275 Å². The van der Waals surface area contributed by atoms with Crippen LogP contribution in [0.2, 0.25) is 0 Å². The van der Waals surface area contributed by atoms with Crippen LogP contribution in [0.1, 0.15) is 122 Å². The fourth-order valence-electron chi connectivity index (χ4n) is 7.85. The lowest BCUT2D eigenvalue weighted by atomic mass is 9.82. The normalized spacial score (nSPS) is 22.2. The summed E-state index contributed by atoms with van der Waals surface area (Å²) in [4.78, 5) is 30.0. The monoisotopic (exact) mass is 642 g/mol. The Bertz CT molecular complexity index is 1140. The second-order valence-electron chi connectivity index (χ2n) is 15.3. The summed E-state index contributed by atoms with van der Waals surface area (Å²) in [5.74, 6) is 1.46. The van der Waals surface area contributed by atoms with E-state index in [-0.39, 0.29) is 37.5 Å². The van der Waals surface area contributed by atoms with Crippen molar-refractivity contribution < 1.29 is 34.4 Å². The maximum atomic E-state index is 14.2. The van der Waals surface area contributed by atoms with Crippen LogP contribution in [0, 0.1) is 23.7 Å². The van der Waals surface area contributed by atoms with Gasteiger partial charge in [0.1, 0.15) is 6.10 Å². The van der Waals surface area contributed by atoms with Gasteiger partial charge >= 0.3 is 0 Å². The predicted octanol–water partition coefficient (Wildman–Crippen LogP) is 5.47. The minimum atomic E-state index is -1.06. The highest BCUT2D eigenvalue weighted by atomic mass is 16.7. The molecule has 1 aromatic carbocycles. The van der Waals surface area contributed by atoms with Gasteiger partial charge in [0.05, 0.1) is 17.7 Å². The second kappa shape index (κ2) is 16.2. The Hall–Kier alpha value is -2.36. The Morgan fingerprint density at radius 2 is 1.61 bits per heavy atom. The molecule has 3 fully saturated rings. The average Bonchev–Trinajstić information content (AvgIpc) is 3.73. The SMILES string of the molecule is CC(C)C[C@H](O)[C@H](O)[C@H](CC1CCCCC1)NC(=O)[C@@H](CC(=O)N(Cc1ccc2c(c1)OCO2)CC1(O)CCCCC1)CC1CC1. The largest absolute Gasteiger partial charge is 0.454 e. The summed E-state index contributed by atoms with van der Waals surface area (Å²) < 4.78 is 11.1. The Balaban J connectivity index is 1.31. The highest BCUT2D eigenvalue weighted by Gasteiger charge is 2.38. The molecule has 0 unspecified atom stereocenters. The molecule has 3 aliphatic carbocycles. The number of aliphatic hydroxyl groups is 3. The fourth-order valence-corrected chi connectivity index (χ4v) is 7.85. The first-order chi connectivity index (χ1) is 22.1. The predicted molar refractivity (Wildman–Crippen MR) is 176 cm³/mol. The molecule has 5 rings (SSSR count). The number of fused-ring (bicyclic) bond motifs is 1. The number of hydrogen-bond donors (Lipinski definition) is 4. The molecule has 4 N–H and O–H groups in total. The number of nitrogens with one attached hydrogen (secondary N) is 1. The van der Waals surface area contributed by atoms with Crippen molar-refractivity contribution in [2.75, 3.05) is 13.3 Å². The molecule has 1 heterocycles. The number of rotatable bonds is 16. The van der Waals surface area contributed by atoms with E-state index >= 15 is 0 Å². The zero-order chi connectivity index (χ0) is 32.7. The van der Waals surface area contributed by atoms with Gasteiger partial charge in [0, 0.05) is 25.4 Å². The zero-order valence-electron chi connectivity index (χ0n) is 28.1. The van der Waals surface area contributed by atoms with Gasteiger partial charge in [-0.1, -0.05) is 84.1 Å². The lowest BCUT2D eigenvalue weighted by molar-refractivity contribution is -0.141. The molecular formula is C37H58N2O7. The topological polar surface area (TPSA) is 129 Å². The molecule has 0 spiro atoms. The third-order valence-corrected chi connectivity index (χ3v) is 10.7. The van der Waals surface area contributed by atoms with Crippen LogP contribution >= 0.6 is 0 Å². The molecule has 0 radical (unpaired) electrons. The number of carbonyl (C=O) groups is 2. The summed E-state index contributed by atoms with van der Waals surface area (Å²) in [6.07, 6.45) is 11.8. The van der Waals surface area contributed by atoms with E-state index in [4.69, 9.17) is 9.47 Å². The van der Waals surface area contributed by atoms with Crippen molar-refractivity contribution in [1.82, 2.24) is 10.2 Å². The van der Waals surface area contributed by atoms with Gasteiger partial charge in [-0.05, 0) is 67.6 Å². The second-order valence-corrected chi connectivity index (χ2v) is 15.3. The lowest BCUT2D eigenvalue weighted by Gasteiger charge is -2.38. The Morgan fingerprint density at radius 3 is 2.30 bits per heavy atom. The van der Waals surface area contributed by atoms with E-state index in [2.05, 4.69) is 5.32 Å². The van der Waals surface area contributed by atoms with Crippen LogP contribution in [0.3, 0.4) is 0 Å². The van der Waals surface area contributed by atoms with Gasteiger partial charge in [0.2, 0.25) is 18.6 Å². The summed E-state index contributed by atoms with van der Waals surface area (Å²) in [5.41, 5.74) is -0.0599. The highest BCUT2D eigenvalue weighted by Crippen LogP contribution is 2.38. The molecule has 0 bridgehead atoms. The third kappa shape index (κ3) is 10.1. The summed E-state index contributed by atoms with van der Waals surface area (Å²) >= 11 is 0. The van der Waals surface area contributed by atoms with Gasteiger partial charge in [-0.15, -0.1) is 0 Å². The molecule has 46 heavy (non-hydrogen) atoms. The van der Waals surface area contributed by atoms with Crippen molar-refractivity contribution in [3.63, 3.8) is 0 Å². The number of nitrogens with zero attached hydrogens (tertiary/aromatic N) is 1. The summed E-state index contributed by atoms with van der Waals surface area (Å²) in [6.45, 7) is 4.73. The van der Waals surface area contributed by atoms with E-state index in [1.807, 2.05) is 32.0 Å².